The van der Waals surface area contributed by atoms with E-state index in [1.54, 1.807) is 6.92 Å². The maximum atomic E-state index is 13.7. The van der Waals surface area contributed by atoms with Crippen LogP contribution < -0.4 is 4.90 Å². The van der Waals surface area contributed by atoms with Crippen molar-refractivity contribution in [2.24, 2.45) is 5.92 Å². The molecule has 35 heavy (non-hydrogen) atoms. The van der Waals surface area contributed by atoms with Crippen molar-refractivity contribution < 1.29 is 9.59 Å². The van der Waals surface area contributed by atoms with Gasteiger partial charge in [-0.1, -0.05) is 31.0 Å². The molecule has 3 aliphatic rings. The van der Waals surface area contributed by atoms with Gasteiger partial charge in [0.05, 0.1) is 0 Å². The molecule has 2 unspecified atom stereocenters. The molecule has 2 aliphatic heterocycles. The number of fused-ring (bicyclic) bond motifs is 3. The van der Waals surface area contributed by atoms with Crippen molar-refractivity contribution in [2.75, 3.05) is 18.0 Å². The van der Waals surface area contributed by atoms with E-state index < -0.39 is 0 Å². The van der Waals surface area contributed by atoms with Crippen LogP contribution in [0.5, 0.6) is 0 Å². The zero-order valence-electron chi connectivity index (χ0n) is 20.9. The first-order valence-corrected chi connectivity index (χ1v) is 13.4. The minimum absolute atomic E-state index is 0.0655. The van der Waals surface area contributed by atoms with E-state index in [0.717, 1.165) is 43.6 Å². The topological polar surface area (TPSA) is 56.8 Å². The van der Waals surface area contributed by atoms with E-state index in [4.69, 9.17) is 0 Å². The van der Waals surface area contributed by atoms with Crippen molar-refractivity contribution in [2.45, 2.75) is 83.5 Å². The maximum absolute atomic E-state index is 13.7. The Morgan fingerprint density at radius 3 is 2.46 bits per heavy atom. The van der Waals surface area contributed by atoms with Gasteiger partial charge in [0.25, 0.3) is 0 Å². The summed E-state index contributed by atoms with van der Waals surface area (Å²) in [5.41, 5.74) is 3.28. The molecule has 2 aromatic rings. The Balaban J connectivity index is 1.47. The van der Waals surface area contributed by atoms with Gasteiger partial charge in [-0.05, 0) is 67.3 Å². The number of pyridine rings is 1. The Bertz CT molecular complexity index is 1020. The average Bonchev–Trinajstić information content (AvgIpc) is 3.49. The second kappa shape index (κ2) is 10.9. The number of benzene rings is 1. The lowest BCUT2D eigenvalue weighted by molar-refractivity contribution is -0.133. The molecule has 0 N–H and O–H groups in total. The number of anilines is 1. The third-order valence-electron chi connectivity index (χ3n) is 8.32. The number of hydrogen-bond acceptors (Lipinski definition) is 4. The van der Waals surface area contributed by atoms with Gasteiger partial charge >= 0.3 is 0 Å². The molecule has 2 fully saturated rings. The molecular formula is C29H38N4O2. The van der Waals surface area contributed by atoms with Crippen LogP contribution in [0.25, 0.3) is 0 Å². The fraction of sp³-hybridized carbons (Fsp3) is 0.552. The maximum Gasteiger partial charge on any atom is 0.223 e. The second-order valence-electron chi connectivity index (χ2n) is 10.6. The van der Waals surface area contributed by atoms with Crippen LogP contribution in [0.1, 0.15) is 69.4 Å². The minimum atomic E-state index is 0.0655. The molecule has 2 bridgehead atoms. The summed E-state index contributed by atoms with van der Waals surface area (Å²) in [6, 6.07) is 13.1. The number of carbonyl (C=O) groups excluding carboxylic acids is 2. The third-order valence-corrected chi connectivity index (χ3v) is 8.32. The first-order chi connectivity index (χ1) is 17.1. The van der Waals surface area contributed by atoms with Gasteiger partial charge in [-0.25, -0.2) is 0 Å². The highest BCUT2D eigenvalue weighted by Gasteiger charge is 2.37. The van der Waals surface area contributed by atoms with Gasteiger partial charge in [0.2, 0.25) is 11.8 Å². The SMILES string of the molecule is CC(=O)N1CCC2CCC(CN(C(=O)CC3CCCC3)Cc3ccccc31)N2Cc1ccncc1. The first kappa shape index (κ1) is 24.0. The first-order valence-electron chi connectivity index (χ1n) is 13.4. The zero-order valence-corrected chi connectivity index (χ0v) is 20.9. The molecule has 3 heterocycles. The van der Waals surface area contributed by atoms with E-state index in [9.17, 15) is 9.59 Å². The Labute approximate surface area is 209 Å². The number of hydrogen-bond donors (Lipinski definition) is 0. The van der Waals surface area contributed by atoms with Crippen LogP contribution in [-0.2, 0) is 22.7 Å². The van der Waals surface area contributed by atoms with Gasteiger partial charge in [-0.3, -0.25) is 19.5 Å². The number of nitrogens with zero attached hydrogens (tertiary/aromatic N) is 4. The van der Waals surface area contributed by atoms with Crippen molar-refractivity contribution in [3.05, 3.63) is 59.9 Å². The highest BCUT2D eigenvalue weighted by atomic mass is 16.2. The van der Waals surface area contributed by atoms with Gasteiger partial charge in [0.15, 0.2) is 0 Å². The third kappa shape index (κ3) is 5.58. The van der Waals surface area contributed by atoms with Crippen LogP contribution in [0.4, 0.5) is 5.69 Å². The van der Waals surface area contributed by atoms with E-state index >= 15 is 0 Å². The molecule has 2 amide bonds. The molecule has 1 aromatic heterocycles. The average molecular weight is 475 g/mol. The lowest BCUT2D eigenvalue weighted by atomic mass is 10.0. The smallest absolute Gasteiger partial charge is 0.223 e. The lowest BCUT2D eigenvalue weighted by Gasteiger charge is -2.34. The Morgan fingerprint density at radius 2 is 1.69 bits per heavy atom. The fourth-order valence-electron chi connectivity index (χ4n) is 6.42. The molecule has 1 saturated carbocycles. The molecule has 6 heteroatoms. The van der Waals surface area contributed by atoms with Gasteiger partial charge in [-0.15, -0.1) is 0 Å². The van der Waals surface area contributed by atoms with Crippen LogP contribution in [-0.4, -0.2) is 51.8 Å². The van der Waals surface area contributed by atoms with Gasteiger partial charge in [-0.2, -0.15) is 0 Å². The van der Waals surface area contributed by atoms with E-state index in [-0.39, 0.29) is 11.8 Å². The predicted molar refractivity (Wildman–Crippen MR) is 138 cm³/mol. The van der Waals surface area contributed by atoms with Crippen molar-refractivity contribution in [1.82, 2.24) is 14.8 Å². The Morgan fingerprint density at radius 1 is 0.943 bits per heavy atom. The molecule has 186 valence electrons. The number of amides is 2. The molecule has 5 rings (SSSR count). The summed E-state index contributed by atoms with van der Waals surface area (Å²) in [7, 11) is 0. The summed E-state index contributed by atoms with van der Waals surface area (Å²) in [4.78, 5) is 37.3. The summed E-state index contributed by atoms with van der Waals surface area (Å²) in [6.45, 7) is 4.53. The van der Waals surface area contributed by atoms with E-state index in [0.29, 0.717) is 37.5 Å². The van der Waals surface area contributed by atoms with Crippen molar-refractivity contribution in [1.29, 1.82) is 0 Å². The number of rotatable bonds is 4. The summed E-state index contributed by atoms with van der Waals surface area (Å²) in [5, 5.41) is 0. The summed E-state index contributed by atoms with van der Waals surface area (Å²) >= 11 is 0. The molecular weight excluding hydrogens is 436 g/mol. The van der Waals surface area contributed by atoms with Crippen molar-refractivity contribution in [3.63, 3.8) is 0 Å². The summed E-state index contributed by atoms with van der Waals surface area (Å²) < 4.78 is 0. The molecule has 1 aromatic carbocycles. The van der Waals surface area contributed by atoms with Crippen LogP contribution in [0.15, 0.2) is 48.8 Å². The highest BCUT2D eigenvalue weighted by molar-refractivity contribution is 5.92. The summed E-state index contributed by atoms with van der Waals surface area (Å²) in [6.07, 6.45) is 12.3. The number of carbonyl (C=O) groups is 2. The van der Waals surface area contributed by atoms with Gasteiger partial charge in [0, 0.05) is 69.7 Å². The molecule has 0 spiro atoms. The van der Waals surface area contributed by atoms with Crippen molar-refractivity contribution >= 4 is 17.5 Å². The minimum Gasteiger partial charge on any atom is -0.337 e. The fourth-order valence-corrected chi connectivity index (χ4v) is 6.42. The molecule has 1 aliphatic carbocycles. The summed E-state index contributed by atoms with van der Waals surface area (Å²) in [5.74, 6) is 0.859. The van der Waals surface area contributed by atoms with Crippen LogP contribution >= 0.6 is 0 Å². The Hall–Kier alpha value is -2.73. The van der Waals surface area contributed by atoms with E-state index in [2.05, 4.69) is 33.0 Å². The number of para-hydroxylation sites is 1. The second-order valence-corrected chi connectivity index (χ2v) is 10.6. The van der Waals surface area contributed by atoms with Crippen LogP contribution in [0, 0.1) is 5.92 Å². The van der Waals surface area contributed by atoms with Gasteiger partial charge < -0.3 is 9.80 Å². The molecule has 1 saturated heterocycles. The standard InChI is InChI=1S/C29H38N4O2/c1-22(34)32-17-14-26-10-11-27(33(26)19-24-12-15-30-16-13-24)21-31(20-25-8-4-5-9-28(25)32)29(35)18-23-6-2-3-7-23/h4-5,8-9,12-13,15-16,23,26-27H,2-3,6-7,10-11,14,17-21H2,1H3. The van der Waals surface area contributed by atoms with Gasteiger partial charge in [0.1, 0.15) is 0 Å². The van der Waals surface area contributed by atoms with Crippen molar-refractivity contribution in [3.8, 4) is 0 Å². The Kier molecular flexibility index (Phi) is 7.47. The normalized spacial score (nSPS) is 23.7. The predicted octanol–water partition coefficient (Wildman–Crippen LogP) is 4.78. The zero-order chi connectivity index (χ0) is 24.2. The quantitative estimate of drug-likeness (QED) is 0.640. The molecule has 2 atom stereocenters. The highest BCUT2D eigenvalue weighted by Crippen LogP contribution is 2.34. The van der Waals surface area contributed by atoms with E-state index in [1.807, 2.05) is 35.5 Å². The molecule has 0 radical (unpaired) electrons. The number of aromatic nitrogens is 1. The van der Waals surface area contributed by atoms with Crippen LogP contribution in [0.3, 0.4) is 0 Å². The van der Waals surface area contributed by atoms with Crippen LogP contribution in [0.2, 0.25) is 0 Å². The van der Waals surface area contributed by atoms with E-state index in [1.165, 1.54) is 31.2 Å². The lowest BCUT2D eigenvalue weighted by Crippen LogP contribution is -2.45. The monoisotopic (exact) mass is 474 g/mol. The molecule has 6 nitrogen and oxygen atoms in total. The largest absolute Gasteiger partial charge is 0.337 e.